The molecule has 3 aromatic rings. The molecule has 25 heavy (non-hydrogen) atoms. The molecule has 4 rings (SSSR count). The molecule has 1 fully saturated rings. The number of hydrogen-bond donors (Lipinski definition) is 1. The summed E-state index contributed by atoms with van der Waals surface area (Å²) in [6.45, 7) is 0.637. The highest BCUT2D eigenvalue weighted by Crippen LogP contribution is 2.32. The number of likely N-dealkylation sites (tertiary alicyclic amines) is 1. The molecule has 1 atom stereocenters. The van der Waals surface area contributed by atoms with Crippen LogP contribution < -0.4 is 5.56 Å². The summed E-state index contributed by atoms with van der Waals surface area (Å²) in [5.41, 5.74) is 1.29. The Morgan fingerprint density at radius 3 is 2.92 bits per heavy atom. The van der Waals surface area contributed by atoms with E-state index >= 15 is 0 Å². The van der Waals surface area contributed by atoms with Gasteiger partial charge in [-0.1, -0.05) is 0 Å². The van der Waals surface area contributed by atoms with Crippen molar-refractivity contribution in [2.24, 2.45) is 7.05 Å². The van der Waals surface area contributed by atoms with Crippen molar-refractivity contribution >= 4 is 5.91 Å². The average Bonchev–Trinajstić information content (AvgIpc) is 3.35. The minimum absolute atomic E-state index is 0.0367. The van der Waals surface area contributed by atoms with Crippen LogP contribution in [0.3, 0.4) is 0 Å². The Morgan fingerprint density at radius 1 is 1.36 bits per heavy atom. The van der Waals surface area contributed by atoms with Crippen molar-refractivity contribution < 1.29 is 9.21 Å². The molecule has 0 radical (unpaired) electrons. The van der Waals surface area contributed by atoms with Gasteiger partial charge in [0.25, 0.3) is 11.5 Å². The largest absolute Gasteiger partial charge is 0.463 e. The smallest absolute Gasteiger partial charge is 0.261 e. The van der Waals surface area contributed by atoms with E-state index in [-0.39, 0.29) is 17.5 Å². The molecule has 0 bridgehead atoms. The van der Waals surface area contributed by atoms with Crippen molar-refractivity contribution in [3.05, 3.63) is 64.4 Å². The summed E-state index contributed by atoms with van der Waals surface area (Å²) in [4.78, 5) is 29.8. The van der Waals surface area contributed by atoms with Crippen LogP contribution in [-0.2, 0) is 7.05 Å². The van der Waals surface area contributed by atoms with E-state index in [1.165, 1.54) is 6.26 Å². The Balaban J connectivity index is 1.63. The fraction of sp³-hybridized carbons (Fsp3) is 0.278. The van der Waals surface area contributed by atoms with E-state index in [1.54, 1.807) is 40.0 Å². The predicted octanol–water partition coefficient (Wildman–Crippen LogP) is 2.35. The van der Waals surface area contributed by atoms with Gasteiger partial charge < -0.3 is 14.3 Å². The number of carbonyl (C=O) groups excluding carboxylic acids is 1. The molecule has 0 aromatic carbocycles. The molecule has 1 saturated heterocycles. The van der Waals surface area contributed by atoms with E-state index in [2.05, 4.69) is 10.1 Å². The number of rotatable bonds is 3. The summed E-state index contributed by atoms with van der Waals surface area (Å²) < 4.78 is 7.00. The van der Waals surface area contributed by atoms with Gasteiger partial charge in [0.15, 0.2) is 0 Å². The van der Waals surface area contributed by atoms with Crippen LogP contribution in [0.5, 0.6) is 0 Å². The van der Waals surface area contributed by atoms with Crippen LogP contribution in [0.4, 0.5) is 0 Å². The molecule has 0 saturated carbocycles. The highest BCUT2D eigenvalue weighted by atomic mass is 16.3. The number of carbonyl (C=O) groups is 1. The van der Waals surface area contributed by atoms with Gasteiger partial charge in [0.05, 0.1) is 24.2 Å². The molecule has 0 aliphatic carbocycles. The van der Waals surface area contributed by atoms with Gasteiger partial charge in [-0.05, 0) is 37.1 Å². The second kappa shape index (κ2) is 6.08. The van der Waals surface area contributed by atoms with E-state index in [0.29, 0.717) is 18.0 Å². The molecule has 1 aliphatic rings. The summed E-state index contributed by atoms with van der Waals surface area (Å²) in [6, 6.07) is 6.73. The van der Waals surface area contributed by atoms with E-state index in [9.17, 15) is 9.59 Å². The van der Waals surface area contributed by atoms with Gasteiger partial charge in [0.1, 0.15) is 11.3 Å². The van der Waals surface area contributed by atoms with Gasteiger partial charge in [-0.3, -0.25) is 14.3 Å². The number of nitrogens with zero attached hydrogens (tertiary/aromatic N) is 3. The van der Waals surface area contributed by atoms with Crippen LogP contribution in [0.2, 0.25) is 0 Å². The Hall–Kier alpha value is -3.09. The lowest BCUT2D eigenvalue weighted by Gasteiger charge is -2.23. The van der Waals surface area contributed by atoms with Crippen molar-refractivity contribution in [1.82, 2.24) is 19.7 Å². The average molecular weight is 338 g/mol. The maximum Gasteiger partial charge on any atom is 0.261 e. The highest BCUT2D eigenvalue weighted by molar-refractivity contribution is 5.94. The predicted molar refractivity (Wildman–Crippen MR) is 91.0 cm³/mol. The molecule has 4 heterocycles. The van der Waals surface area contributed by atoms with Gasteiger partial charge >= 0.3 is 0 Å². The number of H-pyrrole nitrogens is 1. The molecular formula is C18H18N4O3. The van der Waals surface area contributed by atoms with Gasteiger partial charge in [-0.25, -0.2) is 0 Å². The zero-order chi connectivity index (χ0) is 17.4. The summed E-state index contributed by atoms with van der Waals surface area (Å²) in [6.07, 6.45) is 7.02. The van der Waals surface area contributed by atoms with Gasteiger partial charge in [0.2, 0.25) is 0 Å². The van der Waals surface area contributed by atoms with Gasteiger partial charge in [0, 0.05) is 25.4 Å². The van der Waals surface area contributed by atoms with E-state index in [1.807, 2.05) is 13.2 Å². The summed E-state index contributed by atoms with van der Waals surface area (Å²) >= 11 is 0. The van der Waals surface area contributed by atoms with Gasteiger partial charge in [-0.2, -0.15) is 5.10 Å². The lowest BCUT2D eigenvalue weighted by molar-refractivity contribution is 0.0734. The maximum absolute atomic E-state index is 12.9. The van der Waals surface area contributed by atoms with Crippen LogP contribution in [0.15, 0.2) is 52.1 Å². The molecule has 128 valence electrons. The first kappa shape index (κ1) is 15.4. The second-order valence-electron chi connectivity index (χ2n) is 6.20. The molecule has 1 aliphatic heterocycles. The summed E-state index contributed by atoms with van der Waals surface area (Å²) in [5.74, 6) is 0.309. The lowest BCUT2D eigenvalue weighted by Crippen LogP contribution is -2.34. The van der Waals surface area contributed by atoms with Crippen molar-refractivity contribution in [3.8, 4) is 11.5 Å². The van der Waals surface area contributed by atoms with E-state index in [4.69, 9.17) is 4.42 Å². The van der Waals surface area contributed by atoms with Crippen LogP contribution in [0.25, 0.3) is 11.5 Å². The third-order valence-electron chi connectivity index (χ3n) is 4.55. The molecule has 1 N–H and O–H groups in total. The Kier molecular flexibility index (Phi) is 3.76. The number of amides is 1. The van der Waals surface area contributed by atoms with Crippen molar-refractivity contribution in [2.75, 3.05) is 6.54 Å². The fourth-order valence-electron chi connectivity index (χ4n) is 3.34. The van der Waals surface area contributed by atoms with Crippen LogP contribution in [0.1, 0.15) is 34.8 Å². The van der Waals surface area contributed by atoms with Crippen LogP contribution in [-0.4, -0.2) is 32.1 Å². The number of furan rings is 1. The number of aromatic amines is 1. The normalized spacial score (nSPS) is 17.2. The summed E-state index contributed by atoms with van der Waals surface area (Å²) in [5, 5.41) is 4.19. The number of aryl methyl sites for hydroxylation is 1. The maximum atomic E-state index is 12.9. The topological polar surface area (TPSA) is 84.1 Å². The SMILES string of the molecule is Cn1cc(C2CCCN2C(=O)c2ccc(-c3ccco3)[nH]c2=O)cn1. The molecular weight excluding hydrogens is 320 g/mol. The number of pyridine rings is 1. The standard InChI is InChI=1S/C18H18N4O3/c1-21-11-12(10-19-21)15-4-2-8-22(15)18(24)13-6-7-14(20-17(13)23)16-5-3-9-25-16/h3,5-7,9-11,15H,2,4,8H2,1H3,(H,20,23). The second-order valence-corrected chi connectivity index (χ2v) is 6.20. The zero-order valence-electron chi connectivity index (χ0n) is 13.8. The van der Waals surface area contributed by atoms with Crippen LogP contribution >= 0.6 is 0 Å². The third kappa shape index (κ3) is 2.77. The minimum Gasteiger partial charge on any atom is -0.463 e. The Labute approximate surface area is 143 Å². The number of nitrogens with one attached hydrogen (secondary N) is 1. The molecule has 7 nitrogen and oxygen atoms in total. The molecule has 1 unspecified atom stereocenters. The first-order valence-electron chi connectivity index (χ1n) is 8.20. The minimum atomic E-state index is -0.407. The van der Waals surface area contributed by atoms with Crippen LogP contribution in [0, 0.1) is 0 Å². The van der Waals surface area contributed by atoms with E-state index < -0.39 is 5.56 Å². The van der Waals surface area contributed by atoms with Crippen molar-refractivity contribution in [1.29, 1.82) is 0 Å². The quantitative estimate of drug-likeness (QED) is 0.794. The molecule has 1 amide bonds. The van der Waals surface area contributed by atoms with Gasteiger partial charge in [-0.15, -0.1) is 0 Å². The highest BCUT2D eigenvalue weighted by Gasteiger charge is 2.32. The van der Waals surface area contributed by atoms with E-state index in [0.717, 1.165) is 18.4 Å². The summed E-state index contributed by atoms with van der Waals surface area (Å²) in [7, 11) is 1.85. The molecule has 7 heteroatoms. The number of hydrogen-bond acceptors (Lipinski definition) is 4. The zero-order valence-corrected chi connectivity index (χ0v) is 13.8. The van der Waals surface area contributed by atoms with Crippen molar-refractivity contribution in [2.45, 2.75) is 18.9 Å². The lowest BCUT2D eigenvalue weighted by atomic mass is 10.1. The number of aromatic nitrogens is 3. The third-order valence-corrected chi connectivity index (χ3v) is 4.55. The monoisotopic (exact) mass is 338 g/mol. The molecule has 0 spiro atoms. The molecule has 3 aromatic heterocycles. The van der Waals surface area contributed by atoms with Crippen molar-refractivity contribution in [3.63, 3.8) is 0 Å². The Bertz CT molecular complexity index is 955. The first-order chi connectivity index (χ1) is 12.1. The Morgan fingerprint density at radius 2 is 2.24 bits per heavy atom. The fourth-order valence-corrected chi connectivity index (χ4v) is 3.34. The first-order valence-corrected chi connectivity index (χ1v) is 8.20.